The number of fused-ring (bicyclic) bond motifs is 1. The summed E-state index contributed by atoms with van der Waals surface area (Å²) in [7, 11) is 0. The minimum atomic E-state index is -0.318. The van der Waals surface area contributed by atoms with Gasteiger partial charge in [0.15, 0.2) is 0 Å². The van der Waals surface area contributed by atoms with Gasteiger partial charge in [-0.1, -0.05) is 46.1 Å². The molecule has 1 heterocycles. The van der Waals surface area contributed by atoms with Crippen LogP contribution >= 0.6 is 11.3 Å². The molecular formula is C24H38N4O2S. The zero-order valence-electron chi connectivity index (χ0n) is 19.2. The summed E-state index contributed by atoms with van der Waals surface area (Å²) in [6, 6.07) is 6.56. The number of carbonyl (C=O) groups excluding carboxylic acids is 2. The fourth-order valence-corrected chi connectivity index (χ4v) is 4.89. The van der Waals surface area contributed by atoms with Gasteiger partial charge in [-0.25, -0.2) is 4.98 Å². The smallest absolute Gasteiger partial charge is 0.227 e. The first-order chi connectivity index (χ1) is 14.8. The Balaban J connectivity index is 0.000000614. The minimum Gasteiger partial charge on any atom is -0.370 e. The maximum atomic E-state index is 12.6. The molecule has 2 aromatic rings. The van der Waals surface area contributed by atoms with Crippen LogP contribution in [0, 0.1) is 5.41 Å². The molecule has 3 rings (SSSR count). The Kier molecular flexibility index (Phi) is 9.91. The summed E-state index contributed by atoms with van der Waals surface area (Å²) < 4.78 is 1.26. The maximum absolute atomic E-state index is 12.6. The van der Waals surface area contributed by atoms with Crippen molar-refractivity contribution in [2.75, 3.05) is 13.1 Å². The molecule has 0 aliphatic heterocycles. The molecule has 1 aliphatic carbocycles. The van der Waals surface area contributed by atoms with Crippen LogP contribution in [0.2, 0.25) is 0 Å². The first-order valence-corrected chi connectivity index (χ1v) is 12.3. The van der Waals surface area contributed by atoms with Crippen LogP contribution in [0.15, 0.2) is 18.2 Å². The van der Waals surface area contributed by atoms with Gasteiger partial charge in [0.05, 0.1) is 20.6 Å². The molecule has 2 amide bonds. The van der Waals surface area contributed by atoms with Gasteiger partial charge in [0.2, 0.25) is 11.8 Å². The van der Waals surface area contributed by atoms with Crippen molar-refractivity contribution in [3.8, 4) is 0 Å². The summed E-state index contributed by atoms with van der Waals surface area (Å²) in [6.45, 7) is 7.32. The van der Waals surface area contributed by atoms with Gasteiger partial charge in [0.25, 0.3) is 0 Å². The third-order valence-corrected chi connectivity index (χ3v) is 7.09. The minimum absolute atomic E-state index is 0.158. The molecule has 1 aromatic heterocycles. The predicted molar refractivity (Wildman–Crippen MR) is 129 cm³/mol. The number of nitrogens with two attached hydrogens (primary N) is 2. The highest BCUT2D eigenvalue weighted by molar-refractivity contribution is 7.18. The molecule has 0 spiro atoms. The zero-order chi connectivity index (χ0) is 22.9. The molecule has 5 N–H and O–H groups in total. The molecule has 0 radical (unpaired) electrons. The molecule has 7 heteroatoms. The van der Waals surface area contributed by atoms with E-state index in [1.807, 2.05) is 0 Å². The van der Waals surface area contributed by atoms with Crippen molar-refractivity contribution in [3.63, 3.8) is 0 Å². The number of aromatic nitrogens is 1. The van der Waals surface area contributed by atoms with E-state index in [9.17, 15) is 9.59 Å². The number of nitrogens with one attached hydrogen (secondary N) is 1. The summed E-state index contributed by atoms with van der Waals surface area (Å²) in [5, 5.41) is 4.28. The average molecular weight is 447 g/mol. The van der Waals surface area contributed by atoms with Gasteiger partial charge in [0.1, 0.15) is 0 Å². The van der Waals surface area contributed by atoms with Crippen LogP contribution in [0.5, 0.6) is 0 Å². The Morgan fingerprint density at radius 1 is 1.23 bits per heavy atom. The number of benzene rings is 1. The lowest BCUT2D eigenvalue weighted by Gasteiger charge is -2.34. The van der Waals surface area contributed by atoms with Crippen molar-refractivity contribution in [3.05, 3.63) is 28.8 Å². The first-order valence-electron chi connectivity index (χ1n) is 11.5. The molecule has 1 saturated carbocycles. The van der Waals surface area contributed by atoms with Crippen LogP contribution in [-0.4, -0.2) is 29.9 Å². The lowest BCUT2D eigenvalue weighted by Crippen LogP contribution is -2.47. The van der Waals surface area contributed by atoms with Gasteiger partial charge < -0.3 is 16.8 Å². The molecule has 31 heavy (non-hydrogen) atoms. The van der Waals surface area contributed by atoms with Crippen molar-refractivity contribution < 1.29 is 9.59 Å². The van der Waals surface area contributed by atoms with Crippen molar-refractivity contribution in [1.29, 1.82) is 0 Å². The first kappa shape index (κ1) is 25.3. The van der Waals surface area contributed by atoms with E-state index < -0.39 is 0 Å². The van der Waals surface area contributed by atoms with E-state index in [1.54, 1.807) is 18.3 Å². The number of amides is 2. The van der Waals surface area contributed by atoms with E-state index in [4.69, 9.17) is 10.7 Å². The normalized spacial score (nSPS) is 15.4. The molecule has 0 saturated heterocycles. The summed E-state index contributed by atoms with van der Waals surface area (Å²) in [4.78, 5) is 26.9. The van der Waals surface area contributed by atoms with E-state index in [-0.39, 0.29) is 17.2 Å². The number of primary amides is 1. The highest BCUT2D eigenvalue weighted by Crippen LogP contribution is 2.35. The number of aryl methyl sites for hydroxylation is 1. The molecule has 0 bridgehead atoms. The summed E-state index contributed by atoms with van der Waals surface area (Å²) in [6.07, 6.45) is 7.61. The molecule has 1 aliphatic rings. The molecule has 172 valence electrons. The van der Waals surface area contributed by atoms with Crippen LogP contribution in [0.3, 0.4) is 0 Å². The Hall–Kier alpha value is -1.99. The molecule has 0 unspecified atom stereocenters. The van der Waals surface area contributed by atoms with E-state index in [1.165, 1.54) is 16.7 Å². The number of rotatable bonds is 8. The molecule has 1 aromatic carbocycles. The lowest BCUT2D eigenvalue weighted by atomic mass is 9.73. The van der Waals surface area contributed by atoms with Crippen LogP contribution < -0.4 is 16.8 Å². The number of hydrogen-bond acceptors (Lipinski definition) is 5. The summed E-state index contributed by atoms with van der Waals surface area (Å²) in [5.41, 5.74) is 12.7. The van der Waals surface area contributed by atoms with E-state index >= 15 is 0 Å². The van der Waals surface area contributed by atoms with Crippen LogP contribution in [-0.2, 0) is 16.0 Å². The summed E-state index contributed by atoms with van der Waals surface area (Å²) >= 11 is 1.78. The van der Waals surface area contributed by atoms with Crippen LogP contribution in [0.25, 0.3) is 10.2 Å². The number of hydrogen-bond donors (Lipinski definition) is 3. The van der Waals surface area contributed by atoms with E-state index in [0.717, 1.165) is 49.0 Å². The number of thiazole rings is 1. The highest BCUT2D eigenvalue weighted by atomic mass is 32.1. The Bertz CT molecular complexity index is 856. The van der Waals surface area contributed by atoms with Gasteiger partial charge in [-0.3, -0.25) is 9.59 Å². The van der Waals surface area contributed by atoms with Gasteiger partial charge in [-0.15, -0.1) is 11.3 Å². The fourth-order valence-electron chi connectivity index (χ4n) is 3.84. The Morgan fingerprint density at radius 2 is 1.90 bits per heavy atom. The summed E-state index contributed by atoms with van der Waals surface area (Å²) in [5.74, 6) is 0.449. The molecule has 6 nitrogen and oxygen atoms in total. The topological polar surface area (TPSA) is 111 Å². The van der Waals surface area contributed by atoms with Gasteiger partial charge in [-0.05, 0) is 42.9 Å². The van der Waals surface area contributed by atoms with Crippen LogP contribution in [0.4, 0.5) is 0 Å². The highest BCUT2D eigenvalue weighted by Gasteiger charge is 2.37. The van der Waals surface area contributed by atoms with Gasteiger partial charge >= 0.3 is 0 Å². The quantitative estimate of drug-likeness (QED) is 0.526. The molecule has 0 atom stereocenters. The van der Waals surface area contributed by atoms with Crippen molar-refractivity contribution in [2.45, 2.75) is 78.1 Å². The fraction of sp³-hybridized carbons (Fsp3) is 0.625. The molecular weight excluding hydrogens is 408 g/mol. The monoisotopic (exact) mass is 446 g/mol. The third kappa shape index (κ3) is 7.28. The largest absolute Gasteiger partial charge is 0.370 e. The Morgan fingerprint density at radius 3 is 2.48 bits per heavy atom. The SMILES string of the molecule is CC(C)c1ccc2nc(CCCNC(=O)C3(CN)CCCCC3)sc2c1.CCC(N)=O. The molecule has 1 fully saturated rings. The van der Waals surface area contributed by atoms with Crippen molar-refractivity contribution in [1.82, 2.24) is 10.3 Å². The number of nitrogens with zero attached hydrogens (tertiary/aromatic N) is 1. The van der Waals surface area contributed by atoms with Crippen LogP contribution in [0.1, 0.15) is 82.2 Å². The van der Waals surface area contributed by atoms with Gasteiger partial charge in [-0.2, -0.15) is 0 Å². The predicted octanol–water partition coefficient (Wildman–Crippen LogP) is 4.26. The standard InChI is InChI=1S/C21H31N3OS.C3H7NO/c1-15(2)16-8-9-17-18(13-16)26-19(24-17)7-6-12-23-20(25)21(14-22)10-4-3-5-11-21;1-2-3(4)5/h8-9,13,15H,3-7,10-12,14,22H2,1-2H3,(H,23,25);2H2,1H3,(H2,4,5). The van der Waals surface area contributed by atoms with Crippen molar-refractivity contribution in [2.24, 2.45) is 16.9 Å². The number of carbonyl (C=O) groups is 2. The van der Waals surface area contributed by atoms with E-state index in [0.29, 0.717) is 25.4 Å². The maximum Gasteiger partial charge on any atom is 0.227 e. The van der Waals surface area contributed by atoms with Gasteiger partial charge in [0, 0.05) is 25.9 Å². The van der Waals surface area contributed by atoms with Crippen molar-refractivity contribution >= 4 is 33.4 Å². The lowest BCUT2D eigenvalue weighted by molar-refractivity contribution is -0.132. The Labute approximate surface area is 190 Å². The second-order valence-electron chi connectivity index (χ2n) is 8.71. The van der Waals surface area contributed by atoms with E-state index in [2.05, 4.69) is 43.1 Å². The second kappa shape index (κ2) is 12.2. The second-order valence-corrected chi connectivity index (χ2v) is 9.83. The third-order valence-electron chi connectivity index (χ3n) is 6.01. The average Bonchev–Trinajstić information content (AvgIpc) is 3.19. The zero-order valence-corrected chi connectivity index (χ0v) is 20.0.